The summed E-state index contributed by atoms with van der Waals surface area (Å²) in [6.07, 6.45) is 0. The number of esters is 1. The van der Waals surface area contributed by atoms with Crippen molar-refractivity contribution < 1.29 is 14.5 Å². The Morgan fingerprint density at radius 3 is 2.37 bits per heavy atom. The van der Waals surface area contributed by atoms with Gasteiger partial charge in [-0.1, -0.05) is 18.2 Å². The lowest BCUT2D eigenvalue weighted by Crippen LogP contribution is -2.20. The van der Waals surface area contributed by atoms with E-state index in [4.69, 9.17) is 4.74 Å². The molecule has 0 aliphatic heterocycles. The fourth-order valence-corrected chi connectivity index (χ4v) is 2.86. The lowest BCUT2D eigenvalue weighted by Gasteiger charge is -2.13. The van der Waals surface area contributed by atoms with Crippen LogP contribution in [0.3, 0.4) is 0 Å². The Morgan fingerprint density at radius 2 is 1.73 bits per heavy atom. The molecule has 0 unspecified atom stereocenters. The van der Waals surface area contributed by atoms with E-state index in [0.29, 0.717) is 11.3 Å². The maximum absolute atomic E-state index is 12.5. The molecule has 3 rings (SSSR count). The van der Waals surface area contributed by atoms with Crippen molar-refractivity contribution >= 4 is 39.5 Å². The predicted octanol–water partition coefficient (Wildman–Crippen LogP) is 4.19. The summed E-state index contributed by atoms with van der Waals surface area (Å²) in [5.41, 5.74) is 5.07. The number of benzene rings is 3. The van der Waals surface area contributed by atoms with Gasteiger partial charge in [-0.05, 0) is 48.0 Å². The standard InChI is InChI=1S/C22H22N4O4/c1-4-30-22(27)21(24-23-18-8-11-19(12-9-18)26(28)29)17-6-5-16-14-20(25(2)3)10-7-15(16)13-17/h5-14,23H,4H2,1-3H3/b24-21-. The van der Waals surface area contributed by atoms with E-state index < -0.39 is 10.9 Å². The minimum atomic E-state index is -0.559. The summed E-state index contributed by atoms with van der Waals surface area (Å²) in [7, 11) is 3.95. The number of anilines is 2. The van der Waals surface area contributed by atoms with E-state index in [1.54, 1.807) is 6.92 Å². The Bertz CT molecular complexity index is 1110. The first-order valence-corrected chi connectivity index (χ1v) is 9.36. The summed E-state index contributed by atoms with van der Waals surface area (Å²) in [4.78, 5) is 24.8. The summed E-state index contributed by atoms with van der Waals surface area (Å²) in [5.74, 6) is -0.559. The van der Waals surface area contributed by atoms with Gasteiger partial charge in [0.2, 0.25) is 0 Å². The number of non-ortho nitro benzene ring substituents is 1. The highest BCUT2D eigenvalue weighted by Gasteiger charge is 2.16. The molecular formula is C22H22N4O4. The van der Waals surface area contributed by atoms with Crippen LogP contribution in [0.5, 0.6) is 0 Å². The second-order valence-electron chi connectivity index (χ2n) is 6.74. The number of rotatable bonds is 7. The van der Waals surface area contributed by atoms with Crippen LogP contribution in [0.1, 0.15) is 12.5 Å². The lowest BCUT2D eigenvalue weighted by molar-refractivity contribution is -0.384. The van der Waals surface area contributed by atoms with Crippen LogP contribution in [0.15, 0.2) is 65.8 Å². The molecule has 3 aromatic carbocycles. The number of nitro groups is 1. The maximum atomic E-state index is 12.5. The molecule has 154 valence electrons. The third-order valence-corrected chi connectivity index (χ3v) is 4.46. The molecule has 0 aliphatic rings. The first-order valence-electron chi connectivity index (χ1n) is 9.36. The Hall–Kier alpha value is -3.94. The van der Waals surface area contributed by atoms with Crippen molar-refractivity contribution in [1.82, 2.24) is 0 Å². The monoisotopic (exact) mass is 406 g/mol. The first-order chi connectivity index (χ1) is 14.4. The van der Waals surface area contributed by atoms with Crippen molar-refractivity contribution in [1.29, 1.82) is 0 Å². The van der Waals surface area contributed by atoms with Gasteiger partial charge in [0, 0.05) is 37.5 Å². The molecule has 8 nitrogen and oxygen atoms in total. The molecular weight excluding hydrogens is 384 g/mol. The summed E-state index contributed by atoms with van der Waals surface area (Å²) in [6.45, 7) is 1.94. The minimum Gasteiger partial charge on any atom is -0.461 e. The van der Waals surface area contributed by atoms with E-state index in [0.717, 1.165) is 16.5 Å². The number of hydrogen-bond acceptors (Lipinski definition) is 7. The number of fused-ring (bicyclic) bond motifs is 1. The van der Waals surface area contributed by atoms with Crippen LogP contribution in [0.4, 0.5) is 17.1 Å². The number of nitrogens with zero attached hydrogens (tertiary/aromatic N) is 3. The van der Waals surface area contributed by atoms with Gasteiger partial charge in [0.05, 0.1) is 17.2 Å². The van der Waals surface area contributed by atoms with Gasteiger partial charge in [-0.2, -0.15) is 5.10 Å². The molecule has 0 aromatic heterocycles. The van der Waals surface area contributed by atoms with Gasteiger partial charge in [0.25, 0.3) is 5.69 Å². The van der Waals surface area contributed by atoms with Crippen molar-refractivity contribution in [2.45, 2.75) is 6.92 Å². The summed E-state index contributed by atoms with van der Waals surface area (Å²) >= 11 is 0. The van der Waals surface area contributed by atoms with E-state index in [1.807, 2.05) is 49.3 Å². The van der Waals surface area contributed by atoms with Crippen LogP contribution in [-0.2, 0) is 9.53 Å². The number of carbonyl (C=O) groups excluding carboxylic acids is 1. The molecule has 0 atom stereocenters. The first kappa shape index (κ1) is 20.8. The molecule has 3 aromatic rings. The minimum absolute atomic E-state index is 0.0261. The predicted molar refractivity (Wildman–Crippen MR) is 118 cm³/mol. The van der Waals surface area contributed by atoms with Gasteiger partial charge < -0.3 is 9.64 Å². The number of ether oxygens (including phenoxy) is 1. The highest BCUT2D eigenvalue weighted by atomic mass is 16.6. The van der Waals surface area contributed by atoms with Crippen molar-refractivity contribution in [3.05, 3.63) is 76.3 Å². The summed E-state index contributed by atoms with van der Waals surface area (Å²) in [5, 5.41) is 17.0. The van der Waals surface area contributed by atoms with Crippen molar-refractivity contribution in [2.75, 3.05) is 31.0 Å². The van der Waals surface area contributed by atoms with E-state index in [1.165, 1.54) is 24.3 Å². The number of carbonyl (C=O) groups is 1. The fourth-order valence-electron chi connectivity index (χ4n) is 2.86. The van der Waals surface area contributed by atoms with Crippen LogP contribution in [0.2, 0.25) is 0 Å². The number of nitro benzene ring substituents is 1. The molecule has 0 amide bonds. The van der Waals surface area contributed by atoms with E-state index in [2.05, 4.69) is 16.6 Å². The van der Waals surface area contributed by atoms with E-state index in [9.17, 15) is 14.9 Å². The van der Waals surface area contributed by atoms with Gasteiger partial charge >= 0.3 is 5.97 Å². The zero-order valence-electron chi connectivity index (χ0n) is 17.0. The molecule has 0 saturated carbocycles. The number of nitrogens with one attached hydrogen (secondary N) is 1. The molecule has 0 bridgehead atoms. The molecule has 30 heavy (non-hydrogen) atoms. The molecule has 0 saturated heterocycles. The molecule has 0 aliphatic carbocycles. The molecule has 0 fully saturated rings. The van der Waals surface area contributed by atoms with Gasteiger partial charge in [-0.3, -0.25) is 15.5 Å². The zero-order chi connectivity index (χ0) is 21.7. The molecule has 0 spiro atoms. The normalized spacial score (nSPS) is 11.2. The van der Waals surface area contributed by atoms with Crippen LogP contribution < -0.4 is 10.3 Å². The topological polar surface area (TPSA) is 97.1 Å². The van der Waals surface area contributed by atoms with Crippen molar-refractivity contribution in [2.24, 2.45) is 5.10 Å². The average molecular weight is 406 g/mol. The number of hydrazone groups is 1. The van der Waals surface area contributed by atoms with E-state index >= 15 is 0 Å². The van der Waals surface area contributed by atoms with Crippen LogP contribution in [0, 0.1) is 10.1 Å². The zero-order valence-corrected chi connectivity index (χ0v) is 17.0. The third kappa shape index (κ3) is 4.72. The van der Waals surface area contributed by atoms with Crippen molar-refractivity contribution in [3.63, 3.8) is 0 Å². The molecule has 0 radical (unpaired) electrons. The smallest absolute Gasteiger partial charge is 0.359 e. The van der Waals surface area contributed by atoms with Crippen LogP contribution in [-0.4, -0.2) is 37.3 Å². The fraction of sp³-hybridized carbons (Fsp3) is 0.182. The second kappa shape index (κ2) is 9.04. The Kier molecular flexibility index (Phi) is 6.26. The summed E-state index contributed by atoms with van der Waals surface area (Å²) in [6, 6.07) is 17.4. The summed E-state index contributed by atoms with van der Waals surface area (Å²) < 4.78 is 5.15. The number of hydrogen-bond donors (Lipinski definition) is 1. The molecule has 0 heterocycles. The molecule has 1 N–H and O–H groups in total. The van der Waals surface area contributed by atoms with Crippen LogP contribution in [0.25, 0.3) is 10.8 Å². The highest BCUT2D eigenvalue weighted by Crippen LogP contribution is 2.23. The van der Waals surface area contributed by atoms with Gasteiger partial charge in [0.15, 0.2) is 5.71 Å². The van der Waals surface area contributed by atoms with Crippen LogP contribution >= 0.6 is 0 Å². The SMILES string of the molecule is CCOC(=O)/C(=N\Nc1ccc([N+](=O)[O-])cc1)c1ccc2cc(N(C)C)ccc2c1. The Labute approximate surface area is 173 Å². The maximum Gasteiger partial charge on any atom is 0.359 e. The molecule has 8 heteroatoms. The lowest BCUT2D eigenvalue weighted by atomic mass is 10.0. The average Bonchev–Trinajstić information content (AvgIpc) is 2.74. The third-order valence-electron chi connectivity index (χ3n) is 4.46. The largest absolute Gasteiger partial charge is 0.461 e. The quantitative estimate of drug-likeness (QED) is 0.273. The Balaban J connectivity index is 1.94. The van der Waals surface area contributed by atoms with Gasteiger partial charge in [-0.15, -0.1) is 0 Å². The van der Waals surface area contributed by atoms with E-state index in [-0.39, 0.29) is 18.0 Å². The van der Waals surface area contributed by atoms with Crippen molar-refractivity contribution in [3.8, 4) is 0 Å². The highest BCUT2D eigenvalue weighted by molar-refractivity contribution is 6.43. The van der Waals surface area contributed by atoms with Gasteiger partial charge in [0.1, 0.15) is 0 Å². The second-order valence-corrected chi connectivity index (χ2v) is 6.74. The van der Waals surface area contributed by atoms with Gasteiger partial charge in [-0.25, -0.2) is 4.79 Å². The Morgan fingerprint density at radius 1 is 1.07 bits per heavy atom.